The Morgan fingerprint density at radius 2 is 1.53 bits per heavy atom. The number of likely N-dealkylation sites (tertiary alicyclic amines) is 2. The molecule has 2 aromatic rings. The van der Waals surface area contributed by atoms with Gasteiger partial charge in [-0.3, -0.25) is 14.4 Å². The van der Waals surface area contributed by atoms with Gasteiger partial charge in [0.1, 0.15) is 0 Å². The summed E-state index contributed by atoms with van der Waals surface area (Å²) in [5, 5.41) is 5.01. The zero-order valence-electron chi connectivity index (χ0n) is 20.0. The molecule has 7 nitrogen and oxygen atoms in total. The van der Waals surface area contributed by atoms with Crippen LogP contribution in [0.3, 0.4) is 0 Å². The first-order chi connectivity index (χ1) is 16.6. The van der Waals surface area contributed by atoms with Crippen LogP contribution >= 0.6 is 0 Å². The number of ether oxygens (including phenoxy) is 1. The van der Waals surface area contributed by atoms with Crippen molar-refractivity contribution in [3.05, 3.63) is 48.0 Å². The number of hydrogen-bond donors (Lipinski definition) is 1. The molecule has 2 saturated heterocycles. The summed E-state index contributed by atoms with van der Waals surface area (Å²) in [5.74, 6) is 0.238. The average Bonchev–Trinajstić information content (AvgIpc) is 2.90. The number of piperidine rings is 2. The second-order valence-electron chi connectivity index (χ2n) is 9.33. The highest BCUT2D eigenvalue weighted by atomic mass is 16.5. The second kappa shape index (κ2) is 11.5. The molecular formula is C27H35N3O4. The van der Waals surface area contributed by atoms with Gasteiger partial charge in [-0.1, -0.05) is 36.4 Å². The van der Waals surface area contributed by atoms with Gasteiger partial charge in [0.15, 0.2) is 0 Å². The molecule has 1 N–H and O–H groups in total. The van der Waals surface area contributed by atoms with Crippen LogP contribution in [-0.4, -0.2) is 74.0 Å². The van der Waals surface area contributed by atoms with Crippen LogP contribution in [0.25, 0.3) is 10.8 Å². The Balaban J connectivity index is 1.25. The van der Waals surface area contributed by atoms with Crippen molar-refractivity contribution in [3.63, 3.8) is 0 Å². The molecule has 2 aliphatic heterocycles. The van der Waals surface area contributed by atoms with E-state index < -0.39 is 0 Å². The molecule has 0 aromatic heterocycles. The van der Waals surface area contributed by atoms with Gasteiger partial charge in [-0.25, -0.2) is 0 Å². The Hall–Kier alpha value is -2.93. The zero-order chi connectivity index (χ0) is 23.9. The van der Waals surface area contributed by atoms with E-state index in [1.807, 2.05) is 52.3 Å². The lowest BCUT2D eigenvalue weighted by atomic mass is 9.91. The fraction of sp³-hybridized carbons (Fsp3) is 0.519. The smallest absolute Gasteiger partial charge is 0.254 e. The maximum Gasteiger partial charge on any atom is 0.254 e. The van der Waals surface area contributed by atoms with E-state index >= 15 is 0 Å². The van der Waals surface area contributed by atoms with Crippen LogP contribution in [0.4, 0.5) is 0 Å². The van der Waals surface area contributed by atoms with Crippen LogP contribution < -0.4 is 5.32 Å². The lowest BCUT2D eigenvalue weighted by Crippen LogP contribution is -2.48. The molecule has 2 aromatic carbocycles. The van der Waals surface area contributed by atoms with Gasteiger partial charge in [0.05, 0.1) is 0 Å². The number of nitrogens with one attached hydrogen (secondary N) is 1. The molecule has 0 spiro atoms. The fourth-order valence-electron chi connectivity index (χ4n) is 5.10. The summed E-state index contributed by atoms with van der Waals surface area (Å²) in [5.41, 5.74) is 0.727. The van der Waals surface area contributed by atoms with Crippen molar-refractivity contribution in [2.24, 2.45) is 11.8 Å². The second-order valence-corrected chi connectivity index (χ2v) is 9.33. The molecule has 34 heavy (non-hydrogen) atoms. The first-order valence-corrected chi connectivity index (χ1v) is 12.4. The molecule has 0 atom stereocenters. The third-order valence-corrected chi connectivity index (χ3v) is 7.15. The number of carbonyl (C=O) groups is 3. The monoisotopic (exact) mass is 465 g/mol. The highest BCUT2D eigenvalue weighted by Gasteiger charge is 2.33. The van der Waals surface area contributed by atoms with Gasteiger partial charge in [0.2, 0.25) is 11.8 Å². The van der Waals surface area contributed by atoms with Crippen molar-refractivity contribution in [1.29, 1.82) is 0 Å². The summed E-state index contributed by atoms with van der Waals surface area (Å²) < 4.78 is 5.01. The van der Waals surface area contributed by atoms with E-state index in [0.717, 1.165) is 22.8 Å². The molecule has 2 fully saturated rings. The molecule has 7 heteroatoms. The molecule has 0 aliphatic carbocycles. The Kier molecular flexibility index (Phi) is 8.16. The molecule has 0 saturated carbocycles. The number of benzene rings is 2. The van der Waals surface area contributed by atoms with Crippen molar-refractivity contribution < 1.29 is 19.1 Å². The molecule has 3 amide bonds. The van der Waals surface area contributed by atoms with Crippen LogP contribution in [0.1, 0.15) is 42.5 Å². The normalized spacial score (nSPS) is 17.7. The molecule has 2 aliphatic rings. The summed E-state index contributed by atoms with van der Waals surface area (Å²) in [6.45, 7) is 3.72. The number of methoxy groups -OCH3 is 1. The number of nitrogens with zero attached hydrogens (tertiary/aromatic N) is 2. The van der Waals surface area contributed by atoms with E-state index in [1.54, 1.807) is 7.11 Å². The van der Waals surface area contributed by atoms with Crippen LogP contribution in [0, 0.1) is 11.8 Å². The third kappa shape index (κ3) is 5.58. The van der Waals surface area contributed by atoms with Crippen molar-refractivity contribution in [1.82, 2.24) is 15.1 Å². The molecule has 0 bridgehead atoms. The molecule has 2 heterocycles. The topological polar surface area (TPSA) is 79.0 Å². The van der Waals surface area contributed by atoms with Gasteiger partial charge < -0.3 is 19.9 Å². The van der Waals surface area contributed by atoms with Gasteiger partial charge in [-0.2, -0.15) is 0 Å². The number of hydrogen-bond acceptors (Lipinski definition) is 4. The van der Waals surface area contributed by atoms with Crippen LogP contribution in [-0.2, 0) is 14.3 Å². The van der Waals surface area contributed by atoms with Crippen LogP contribution in [0.15, 0.2) is 42.5 Å². The van der Waals surface area contributed by atoms with E-state index in [-0.39, 0.29) is 29.6 Å². The standard InChI is InChI=1S/C27H35N3O4/c1-34-19-5-14-28-25(31)21-10-15-29(16-11-21)26(32)22-12-17-30(18-13-22)27(33)24-9-4-7-20-6-2-3-8-23(20)24/h2-4,6-9,21-22H,5,10-19H2,1H3,(H,28,31). The van der Waals surface area contributed by atoms with Crippen molar-refractivity contribution >= 4 is 28.5 Å². The van der Waals surface area contributed by atoms with Gasteiger partial charge in [0, 0.05) is 63.8 Å². The average molecular weight is 466 g/mol. The van der Waals surface area contributed by atoms with Crippen LogP contribution in [0.2, 0.25) is 0 Å². The van der Waals surface area contributed by atoms with Gasteiger partial charge in [-0.05, 0) is 48.9 Å². The first kappa shape index (κ1) is 24.2. The van der Waals surface area contributed by atoms with Crippen LogP contribution in [0.5, 0.6) is 0 Å². The molecule has 0 unspecified atom stereocenters. The van der Waals surface area contributed by atoms with E-state index in [0.29, 0.717) is 65.0 Å². The zero-order valence-corrected chi connectivity index (χ0v) is 20.0. The number of fused-ring (bicyclic) bond motifs is 1. The predicted octanol–water partition coefficient (Wildman–Crippen LogP) is 3.08. The predicted molar refractivity (Wildman–Crippen MR) is 131 cm³/mol. The lowest BCUT2D eigenvalue weighted by Gasteiger charge is -2.37. The molecule has 182 valence electrons. The Labute approximate surface area is 201 Å². The number of amides is 3. The van der Waals surface area contributed by atoms with E-state index in [1.165, 1.54) is 0 Å². The minimum absolute atomic E-state index is 0.0215. The lowest BCUT2D eigenvalue weighted by molar-refractivity contribution is -0.140. The Morgan fingerprint density at radius 1 is 0.882 bits per heavy atom. The quantitative estimate of drug-likeness (QED) is 0.638. The summed E-state index contributed by atoms with van der Waals surface area (Å²) in [4.78, 5) is 42.4. The summed E-state index contributed by atoms with van der Waals surface area (Å²) >= 11 is 0. The third-order valence-electron chi connectivity index (χ3n) is 7.15. The molecular weight excluding hydrogens is 430 g/mol. The van der Waals surface area contributed by atoms with Gasteiger partial charge in [0.25, 0.3) is 5.91 Å². The highest BCUT2D eigenvalue weighted by Crippen LogP contribution is 2.26. The highest BCUT2D eigenvalue weighted by molar-refractivity contribution is 6.07. The minimum Gasteiger partial charge on any atom is -0.385 e. The summed E-state index contributed by atoms with van der Waals surface area (Å²) in [6.07, 6.45) is 3.60. The van der Waals surface area contributed by atoms with Crippen molar-refractivity contribution in [2.45, 2.75) is 32.1 Å². The largest absolute Gasteiger partial charge is 0.385 e. The van der Waals surface area contributed by atoms with E-state index in [4.69, 9.17) is 4.74 Å². The van der Waals surface area contributed by atoms with Gasteiger partial charge in [-0.15, -0.1) is 0 Å². The van der Waals surface area contributed by atoms with E-state index in [9.17, 15) is 14.4 Å². The fourth-order valence-corrected chi connectivity index (χ4v) is 5.10. The van der Waals surface area contributed by atoms with Crippen molar-refractivity contribution in [3.8, 4) is 0 Å². The SMILES string of the molecule is COCCCNC(=O)C1CCN(C(=O)C2CCN(C(=O)c3cccc4ccccc34)CC2)CC1. The maximum atomic E-state index is 13.2. The first-order valence-electron chi connectivity index (χ1n) is 12.4. The summed E-state index contributed by atoms with van der Waals surface area (Å²) in [6, 6.07) is 13.8. The van der Waals surface area contributed by atoms with Crippen molar-refractivity contribution in [2.75, 3.05) is 46.4 Å². The number of rotatable bonds is 7. The Bertz CT molecular complexity index is 1000. The number of carbonyl (C=O) groups excluding carboxylic acids is 3. The van der Waals surface area contributed by atoms with E-state index in [2.05, 4.69) is 5.32 Å². The molecule has 4 rings (SSSR count). The summed E-state index contributed by atoms with van der Waals surface area (Å²) in [7, 11) is 1.65. The molecule has 0 radical (unpaired) electrons. The minimum atomic E-state index is -0.0454. The Morgan fingerprint density at radius 3 is 2.26 bits per heavy atom. The maximum absolute atomic E-state index is 13.2. The van der Waals surface area contributed by atoms with Gasteiger partial charge >= 0.3 is 0 Å².